The van der Waals surface area contributed by atoms with E-state index in [1.165, 1.54) is 5.56 Å². The summed E-state index contributed by atoms with van der Waals surface area (Å²) in [4.78, 5) is 4.56. The van der Waals surface area contributed by atoms with Crippen LogP contribution in [0.5, 0.6) is 0 Å². The molecule has 2 atom stereocenters. The van der Waals surface area contributed by atoms with Crippen molar-refractivity contribution in [3.8, 4) is 0 Å². The molecule has 5 nitrogen and oxygen atoms in total. The fraction of sp³-hybridized carbons (Fsp3) is 0.467. The summed E-state index contributed by atoms with van der Waals surface area (Å²) in [7, 11) is 1.67. The summed E-state index contributed by atoms with van der Waals surface area (Å²) < 4.78 is 11.0. The first-order valence-electron chi connectivity index (χ1n) is 6.90. The van der Waals surface area contributed by atoms with Crippen LogP contribution in [0.15, 0.2) is 28.8 Å². The van der Waals surface area contributed by atoms with Crippen LogP contribution in [-0.4, -0.2) is 23.8 Å². The molecule has 2 unspecified atom stereocenters. The van der Waals surface area contributed by atoms with Crippen molar-refractivity contribution < 1.29 is 9.26 Å². The third-order valence-electron chi connectivity index (χ3n) is 4.17. The second-order valence-corrected chi connectivity index (χ2v) is 5.27. The van der Waals surface area contributed by atoms with Crippen LogP contribution in [-0.2, 0) is 10.3 Å². The molecule has 0 aliphatic carbocycles. The normalized spacial score (nSPS) is 20.2. The maximum atomic E-state index is 5.52. The summed E-state index contributed by atoms with van der Waals surface area (Å²) in [5.74, 6) is 1.38. The van der Waals surface area contributed by atoms with Crippen LogP contribution in [0.1, 0.15) is 43.5 Å². The van der Waals surface area contributed by atoms with Gasteiger partial charge in [0.15, 0.2) is 0 Å². The van der Waals surface area contributed by atoms with Crippen molar-refractivity contribution in [3.63, 3.8) is 0 Å². The van der Waals surface area contributed by atoms with E-state index in [1.807, 2.05) is 26.0 Å². The van der Waals surface area contributed by atoms with Crippen molar-refractivity contribution >= 4 is 5.69 Å². The Hall–Kier alpha value is -1.88. The number of aromatic nitrogens is 2. The first kappa shape index (κ1) is 13.1. The highest BCUT2D eigenvalue weighted by Crippen LogP contribution is 2.36. The zero-order valence-corrected chi connectivity index (χ0v) is 12.0. The topological polar surface area (TPSA) is 60.2 Å². The molecule has 0 bridgehead atoms. The van der Waals surface area contributed by atoms with Gasteiger partial charge in [0, 0.05) is 19.3 Å². The van der Waals surface area contributed by atoms with E-state index in [2.05, 4.69) is 27.6 Å². The Labute approximate surface area is 118 Å². The zero-order valence-electron chi connectivity index (χ0n) is 12.0. The Morgan fingerprint density at radius 1 is 1.45 bits per heavy atom. The van der Waals surface area contributed by atoms with Crippen LogP contribution < -0.4 is 5.32 Å². The Morgan fingerprint density at radius 3 is 3.00 bits per heavy atom. The van der Waals surface area contributed by atoms with Gasteiger partial charge in [0.1, 0.15) is 5.60 Å². The minimum atomic E-state index is -0.493. The lowest BCUT2D eigenvalue weighted by molar-refractivity contribution is -0.0106. The van der Waals surface area contributed by atoms with Gasteiger partial charge in [-0.2, -0.15) is 4.98 Å². The third-order valence-corrected chi connectivity index (χ3v) is 4.17. The van der Waals surface area contributed by atoms with Crippen molar-refractivity contribution in [2.75, 3.05) is 19.0 Å². The van der Waals surface area contributed by atoms with E-state index in [0.717, 1.165) is 18.7 Å². The van der Waals surface area contributed by atoms with E-state index >= 15 is 0 Å². The monoisotopic (exact) mass is 273 g/mol. The third kappa shape index (κ3) is 1.98. The first-order valence-corrected chi connectivity index (χ1v) is 6.90. The molecule has 1 aromatic heterocycles. The number of ether oxygens (including phenoxy) is 1. The maximum Gasteiger partial charge on any atom is 0.236 e. The number of hydrogen-bond donors (Lipinski definition) is 1. The van der Waals surface area contributed by atoms with E-state index in [-0.39, 0.29) is 5.92 Å². The van der Waals surface area contributed by atoms with Gasteiger partial charge in [0.25, 0.3) is 0 Å². The van der Waals surface area contributed by atoms with Gasteiger partial charge >= 0.3 is 0 Å². The van der Waals surface area contributed by atoms with Gasteiger partial charge in [0.05, 0.1) is 5.92 Å². The number of rotatable bonds is 4. The van der Waals surface area contributed by atoms with Crippen LogP contribution in [0.3, 0.4) is 0 Å². The fourth-order valence-corrected chi connectivity index (χ4v) is 2.49. The summed E-state index contributed by atoms with van der Waals surface area (Å²) in [6.07, 6.45) is 0.794. The fourth-order valence-electron chi connectivity index (χ4n) is 2.49. The predicted octanol–water partition coefficient (Wildman–Crippen LogP) is 2.90. The van der Waals surface area contributed by atoms with Crippen LogP contribution in [0.4, 0.5) is 5.69 Å². The molecule has 0 fully saturated rings. The van der Waals surface area contributed by atoms with Crippen molar-refractivity contribution in [2.45, 2.75) is 31.8 Å². The number of benzene rings is 1. The van der Waals surface area contributed by atoms with Crippen LogP contribution >= 0.6 is 0 Å². The zero-order chi connectivity index (χ0) is 14.2. The number of fused-ring (bicyclic) bond motifs is 1. The first-order chi connectivity index (χ1) is 9.68. The maximum absolute atomic E-state index is 5.52. The average molecular weight is 273 g/mol. The molecule has 1 aliphatic rings. The molecular formula is C15H19N3O2. The smallest absolute Gasteiger partial charge is 0.236 e. The second-order valence-electron chi connectivity index (χ2n) is 5.27. The highest BCUT2D eigenvalue weighted by Gasteiger charge is 2.33. The summed E-state index contributed by atoms with van der Waals surface area (Å²) >= 11 is 0. The molecule has 1 aliphatic heterocycles. The highest BCUT2D eigenvalue weighted by atomic mass is 16.5. The van der Waals surface area contributed by atoms with Crippen LogP contribution in [0, 0.1) is 0 Å². The molecular weight excluding hydrogens is 254 g/mol. The number of para-hydroxylation sites is 1. The summed E-state index contributed by atoms with van der Waals surface area (Å²) in [6.45, 7) is 4.81. The van der Waals surface area contributed by atoms with Gasteiger partial charge in [-0.1, -0.05) is 30.3 Å². The van der Waals surface area contributed by atoms with Crippen molar-refractivity contribution in [2.24, 2.45) is 0 Å². The molecule has 0 spiro atoms. The van der Waals surface area contributed by atoms with Crippen molar-refractivity contribution in [1.29, 1.82) is 0 Å². The minimum Gasteiger partial charge on any atom is -0.384 e. The molecule has 2 heterocycles. The number of nitrogens with zero attached hydrogens (tertiary/aromatic N) is 2. The minimum absolute atomic E-state index is 0.116. The van der Waals surface area contributed by atoms with Crippen molar-refractivity contribution in [3.05, 3.63) is 41.5 Å². The highest BCUT2D eigenvalue weighted by molar-refractivity contribution is 5.59. The van der Waals surface area contributed by atoms with Gasteiger partial charge in [-0.15, -0.1) is 0 Å². The molecule has 0 radical (unpaired) electrons. The molecule has 0 saturated carbocycles. The SMILES string of the molecule is CCC(C)(OC)c1noc(C2CNc3ccccc32)n1. The number of methoxy groups -OCH3 is 1. The lowest BCUT2D eigenvalue weighted by Gasteiger charge is -2.21. The largest absolute Gasteiger partial charge is 0.384 e. The molecule has 106 valence electrons. The van der Waals surface area contributed by atoms with Gasteiger partial charge in [-0.05, 0) is 25.0 Å². The Bertz CT molecular complexity index is 605. The molecule has 20 heavy (non-hydrogen) atoms. The summed E-state index contributed by atoms with van der Waals surface area (Å²) in [5.41, 5.74) is 1.85. The standard InChI is InChI=1S/C15H19N3O2/c1-4-15(2,19-3)14-17-13(20-18-14)11-9-16-12-8-6-5-7-10(11)12/h5-8,11,16H,4,9H2,1-3H3. The Balaban J connectivity index is 1.92. The van der Waals surface area contributed by atoms with Gasteiger partial charge < -0.3 is 14.6 Å². The number of anilines is 1. The quantitative estimate of drug-likeness (QED) is 0.928. The van der Waals surface area contributed by atoms with Crippen LogP contribution in [0.2, 0.25) is 0 Å². The Kier molecular flexibility index (Phi) is 3.22. The molecule has 0 amide bonds. The molecule has 5 heteroatoms. The predicted molar refractivity (Wildman–Crippen MR) is 75.7 cm³/mol. The lowest BCUT2D eigenvalue weighted by Crippen LogP contribution is -2.25. The lowest BCUT2D eigenvalue weighted by atomic mass is 10.0. The van der Waals surface area contributed by atoms with Crippen LogP contribution in [0.25, 0.3) is 0 Å². The van der Waals surface area contributed by atoms with E-state index in [9.17, 15) is 0 Å². The molecule has 0 saturated heterocycles. The van der Waals surface area contributed by atoms with Gasteiger partial charge in [0.2, 0.25) is 11.7 Å². The number of nitrogens with one attached hydrogen (secondary N) is 1. The van der Waals surface area contributed by atoms with Gasteiger partial charge in [-0.3, -0.25) is 0 Å². The number of hydrogen-bond acceptors (Lipinski definition) is 5. The molecule has 2 aromatic rings. The van der Waals surface area contributed by atoms with E-state index < -0.39 is 5.60 Å². The van der Waals surface area contributed by atoms with E-state index in [0.29, 0.717) is 11.7 Å². The van der Waals surface area contributed by atoms with E-state index in [4.69, 9.17) is 9.26 Å². The van der Waals surface area contributed by atoms with Crippen molar-refractivity contribution in [1.82, 2.24) is 10.1 Å². The molecule has 3 rings (SSSR count). The van der Waals surface area contributed by atoms with E-state index in [1.54, 1.807) is 7.11 Å². The summed E-state index contributed by atoms with van der Waals surface area (Å²) in [6, 6.07) is 8.21. The average Bonchev–Trinajstić information content (AvgIpc) is 3.12. The second kappa shape index (κ2) is 4.90. The Morgan fingerprint density at radius 2 is 2.25 bits per heavy atom. The molecule has 1 N–H and O–H groups in total. The summed E-state index contributed by atoms with van der Waals surface area (Å²) in [5, 5.41) is 7.47. The van der Waals surface area contributed by atoms with Gasteiger partial charge in [-0.25, -0.2) is 0 Å². The molecule has 1 aromatic carbocycles.